The van der Waals surface area contributed by atoms with Gasteiger partial charge in [0.15, 0.2) is 0 Å². The zero-order valence-electron chi connectivity index (χ0n) is 7.30. The number of rotatable bonds is 3. The summed E-state index contributed by atoms with van der Waals surface area (Å²) in [5.74, 6) is 0. The van der Waals surface area contributed by atoms with Crippen molar-refractivity contribution in [2.45, 2.75) is 13.0 Å². The minimum atomic E-state index is 0.893. The molecule has 0 fully saturated rings. The Balaban J connectivity index is 1.94. The number of aromatic nitrogens is 3. The van der Waals surface area contributed by atoms with Gasteiger partial charge in [0.25, 0.3) is 0 Å². The fraction of sp³-hybridized carbons (Fsp3) is 0.200. The van der Waals surface area contributed by atoms with Crippen LogP contribution in [0.2, 0.25) is 0 Å². The van der Waals surface area contributed by atoms with Crippen LogP contribution < -0.4 is 0 Å². The summed E-state index contributed by atoms with van der Waals surface area (Å²) in [5.41, 5.74) is 1.11. The largest absolute Gasteiger partial charge is 0.272 e. The molecule has 2 aromatic heterocycles. The molecule has 66 valence electrons. The van der Waals surface area contributed by atoms with Gasteiger partial charge in [0.2, 0.25) is 0 Å². The van der Waals surface area contributed by atoms with Crippen LogP contribution >= 0.6 is 0 Å². The van der Waals surface area contributed by atoms with Crippen LogP contribution in [0.15, 0.2) is 42.9 Å². The maximum atomic E-state index is 4.24. The lowest BCUT2D eigenvalue weighted by Gasteiger charge is -2.00. The van der Waals surface area contributed by atoms with Crippen LogP contribution in [0.4, 0.5) is 0 Å². The third-order valence-corrected chi connectivity index (χ3v) is 1.88. The molecule has 2 heterocycles. The lowest BCUT2D eigenvalue weighted by Crippen LogP contribution is -2.02. The van der Waals surface area contributed by atoms with Crippen LogP contribution in [0.1, 0.15) is 5.69 Å². The zero-order chi connectivity index (χ0) is 8.93. The van der Waals surface area contributed by atoms with E-state index in [1.807, 2.05) is 41.3 Å². The second kappa shape index (κ2) is 3.85. The molecule has 0 aliphatic carbocycles. The van der Waals surface area contributed by atoms with Crippen molar-refractivity contribution in [1.82, 2.24) is 14.8 Å². The highest BCUT2D eigenvalue weighted by molar-refractivity contribution is 5.03. The molecule has 0 saturated carbocycles. The van der Waals surface area contributed by atoms with E-state index >= 15 is 0 Å². The molecule has 0 amide bonds. The van der Waals surface area contributed by atoms with Gasteiger partial charge in [0.1, 0.15) is 0 Å². The first-order chi connectivity index (χ1) is 6.45. The number of hydrogen-bond acceptors (Lipinski definition) is 2. The average Bonchev–Trinajstić information content (AvgIpc) is 2.69. The van der Waals surface area contributed by atoms with E-state index in [4.69, 9.17) is 0 Å². The predicted molar refractivity (Wildman–Crippen MR) is 50.2 cm³/mol. The molecule has 3 heteroatoms. The second-order valence-electron chi connectivity index (χ2n) is 2.84. The average molecular weight is 173 g/mol. The summed E-state index contributed by atoms with van der Waals surface area (Å²) >= 11 is 0. The first kappa shape index (κ1) is 7.98. The maximum Gasteiger partial charge on any atom is 0.0489 e. The van der Waals surface area contributed by atoms with E-state index in [-0.39, 0.29) is 0 Å². The molecule has 0 aliphatic heterocycles. The summed E-state index contributed by atoms with van der Waals surface area (Å²) in [6, 6.07) is 7.89. The fourth-order valence-electron chi connectivity index (χ4n) is 1.21. The molecule has 0 radical (unpaired) electrons. The molecular formula is C10H11N3. The molecule has 3 nitrogen and oxygen atoms in total. The van der Waals surface area contributed by atoms with Gasteiger partial charge in [-0.2, -0.15) is 5.10 Å². The minimum absolute atomic E-state index is 0.893. The van der Waals surface area contributed by atoms with Gasteiger partial charge in [-0.3, -0.25) is 9.67 Å². The number of hydrogen-bond donors (Lipinski definition) is 0. The van der Waals surface area contributed by atoms with Gasteiger partial charge in [0, 0.05) is 37.3 Å². The molecule has 0 aliphatic rings. The van der Waals surface area contributed by atoms with E-state index < -0.39 is 0 Å². The van der Waals surface area contributed by atoms with Crippen molar-refractivity contribution >= 4 is 0 Å². The van der Waals surface area contributed by atoms with E-state index in [1.165, 1.54) is 0 Å². The third kappa shape index (κ3) is 2.15. The molecule has 0 atom stereocenters. The normalized spacial score (nSPS) is 10.2. The molecule has 13 heavy (non-hydrogen) atoms. The Morgan fingerprint density at radius 2 is 2.15 bits per heavy atom. The molecule has 0 aromatic carbocycles. The molecular weight excluding hydrogens is 162 g/mol. The number of nitrogens with zero attached hydrogens (tertiary/aromatic N) is 3. The van der Waals surface area contributed by atoms with Gasteiger partial charge in [-0.05, 0) is 18.2 Å². The van der Waals surface area contributed by atoms with Crippen molar-refractivity contribution in [3.8, 4) is 0 Å². The van der Waals surface area contributed by atoms with Crippen molar-refractivity contribution in [3.05, 3.63) is 48.5 Å². The minimum Gasteiger partial charge on any atom is -0.272 e. The Morgan fingerprint density at radius 1 is 1.15 bits per heavy atom. The quantitative estimate of drug-likeness (QED) is 0.704. The maximum absolute atomic E-state index is 4.24. The van der Waals surface area contributed by atoms with Crippen molar-refractivity contribution in [2.24, 2.45) is 0 Å². The predicted octanol–water partition coefficient (Wildman–Crippen LogP) is 1.52. The highest BCUT2D eigenvalue weighted by Gasteiger charge is 1.93. The van der Waals surface area contributed by atoms with Crippen LogP contribution in [-0.4, -0.2) is 14.8 Å². The van der Waals surface area contributed by atoms with Gasteiger partial charge in [-0.15, -0.1) is 0 Å². The summed E-state index contributed by atoms with van der Waals surface area (Å²) in [6.45, 7) is 0.893. The third-order valence-electron chi connectivity index (χ3n) is 1.88. The first-order valence-electron chi connectivity index (χ1n) is 4.32. The fourth-order valence-corrected chi connectivity index (χ4v) is 1.21. The van der Waals surface area contributed by atoms with Crippen LogP contribution in [0.5, 0.6) is 0 Å². The Morgan fingerprint density at radius 3 is 2.85 bits per heavy atom. The van der Waals surface area contributed by atoms with Crippen LogP contribution in [-0.2, 0) is 13.0 Å². The summed E-state index contributed by atoms with van der Waals surface area (Å²) in [4.78, 5) is 4.24. The standard InChI is InChI=1S/C10H11N3/c1-2-6-11-10(4-1)5-9-13-8-3-7-12-13/h1-4,6-8H,5,9H2. The Kier molecular flexibility index (Phi) is 2.36. The summed E-state index contributed by atoms with van der Waals surface area (Å²) < 4.78 is 1.91. The highest BCUT2D eigenvalue weighted by Crippen LogP contribution is 1.96. The number of aryl methyl sites for hydroxylation is 2. The second-order valence-corrected chi connectivity index (χ2v) is 2.84. The topological polar surface area (TPSA) is 30.7 Å². The molecule has 0 bridgehead atoms. The van der Waals surface area contributed by atoms with Gasteiger partial charge in [-0.25, -0.2) is 0 Å². The highest BCUT2D eigenvalue weighted by atomic mass is 15.3. The molecule has 0 unspecified atom stereocenters. The van der Waals surface area contributed by atoms with Crippen molar-refractivity contribution < 1.29 is 0 Å². The van der Waals surface area contributed by atoms with Crippen molar-refractivity contribution in [1.29, 1.82) is 0 Å². The Bertz CT molecular complexity index is 340. The monoisotopic (exact) mass is 173 g/mol. The van der Waals surface area contributed by atoms with Crippen LogP contribution in [0.3, 0.4) is 0 Å². The van der Waals surface area contributed by atoms with E-state index in [1.54, 1.807) is 6.20 Å². The van der Waals surface area contributed by atoms with Gasteiger partial charge in [-0.1, -0.05) is 6.07 Å². The number of pyridine rings is 1. The van der Waals surface area contributed by atoms with E-state index in [2.05, 4.69) is 10.1 Å². The van der Waals surface area contributed by atoms with Crippen LogP contribution in [0, 0.1) is 0 Å². The molecule has 0 saturated heterocycles. The lowest BCUT2D eigenvalue weighted by molar-refractivity contribution is 0.608. The van der Waals surface area contributed by atoms with Crippen molar-refractivity contribution in [2.75, 3.05) is 0 Å². The summed E-state index contributed by atoms with van der Waals surface area (Å²) in [7, 11) is 0. The van der Waals surface area contributed by atoms with E-state index in [0.717, 1.165) is 18.7 Å². The lowest BCUT2D eigenvalue weighted by atomic mass is 10.3. The summed E-state index contributed by atoms with van der Waals surface area (Å²) in [5, 5.41) is 4.12. The molecule has 0 spiro atoms. The van der Waals surface area contributed by atoms with E-state index in [9.17, 15) is 0 Å². The van der Waals surface area contributed by atoms with Gasteiger partial charge in [0.05, 0.1) is 0 Å². The Labute approximate surface area is 77.0 Å². The molecule has 2 rings (SSSR count). The van der Waals surface area contributed by atoms with E-state index in [0.29, 0.717) is 0 Å². The van der Waals surface area contributed by atoms with Crippen LogP contribution in [0.25, 0.3) is 0 Å². The Hall–Kier alpha value is -1.64. The smallest absolute Gasteiger partial charge is 0.0489 e. The molecule has 0 N–H and O–H groups in total. The van der Waals surface area contributed by atoms with Crippen molar-refractivity contribution in [3.63, 3.8) is 0 Å². The van der Waals surface area contributed by atoms with Gasteiger partial charge < -0.3 is 0 Å². The zero-order valence-corrected chi connectivity index (χ0v) is 7.30. The first-order valence-corrected chi connectivity index (χ1v) is 4.32. The van der Waals surface area contributed by atoms with Gasteiger partial charge >= 0.3 is 0 Å². The summed E-state index contributed by atoms with van der Waals surface area (Å²) in [6.07, 6.45) is 6.50. The molecule has 2 aromatic rings. The SMILES string of the molecule is c1ccc(CCn2cccn2)nc1.